The zero-order valence-electron chi connectivity index (χ0n) is 11.0. The number of hydrogen-bond acceptors (Lipinski definition) is 2. The quantitative estimate of drug-likeness (QED) is 0.775. The highest BCUT2D eigenvalue weighted by Crippen LogP contribution is 2.23. The summed E-state index contributed by atoms with van der Waals surface area (Å²) in [5.41, 5.74) is 9.41. The molecule has 0 aliphatic rings. The number of fused-ring (bicyclic) bond motifs is 1. The van der Waals surface area contributed by atoms with Crippen LogP contribution in [0.2, 0.25) is 0 Å². The summed E-state index contributed by atoms with van der Waals surface area (Å²) in [6.07, 6.45) is 0. The second-order valence-corrected chi connectivity index (χ2v) is 4.88. The minimum absolute atomic E-state index is 0.404. The van der Waals surface area contributed by atoms with Gasteiger partial charge in [-0.25, -0.2) is 4.98 Å². The number of benzene rings is 2. The van der Waals surface area contributed by atoms with E-state index in [-0.39, 0.29) is 0 Å². The average Bonchev–Trinajstić information content (AvgIpc) is 2.76. The first-order chi connectivity index (χ1) is 9.25. The molecule has 19 heavy (non-hydrogen) atoms. The van der Waals surface area contributed by atoms with Crippen LogP contribution < -0.4 is 5.73 Å². The predicted molar refractivity (Wildman–Crippen MR) is 79.0 cm³/mol. The van der Waals surface area contributed by atoms with Gasteiger partial charge >= 0.3 is 0 Å². The van der Waals surface area contributed by atoms with Gasteiger partial charge in [0.15, 0.2) is 0 Å². The lowest BCUT2D eigenvalue weighted by Gasteiger charge is -2.14. The fourth-order valence-electron chi connectivity index (χ4n) is 2.45. The lowest BCUT2D eigenvalue weighted by molar-refractivity contribution is 0.617. The monoisotopic (exact) mass is 251 g/mol. The number of imidazole rings is 1. The molecule has 3 aromatic rings. The largest absolute Gasteiger partial charge is 0.369 e. The van der Waals surface area contributed by atoms with Crippen molar-refractivity contribution < 1.29 is 0 Å². The fourth-order valence-corrected chi connectivity index (χ4v) is 2.45. The number of para-hydroxylation sites is 2. The summed E-state index contributed by atoms with van der Waals surface area (Å²) in [7, 11) is 0. The molecule has 3 nitrogen and oxygen atoms in total. The minimum Gasteiger partial charge on any atom is -0.369 e. The Kier molecular flexibility index (Phi) is 2.95. The standard InChI is InChI=1S/C16H17N3/c1-12(13-7-3-2-4-8-13)11-19-15-10-6-5-9-14(15)18-16(19)17/h2-10,12H,11H2,1H3,(H2,17,18). The number of anilines is 1. The molecule has 1 heterocycles. The third-order valence-electron chi connectivity index (χ3n) is 3.51. The normalized spacial score (nSPS) is 12.7. The van der Waals surface area contributed by atoms with E-state index in [2.05, 4.69) is 46.8 Å². The molecule has 2 N–H and O–H groups in total. The SMILES string of the molecule is CC(Cn1c(N)nc2ccccc21)c1ccccc1. The molecular weight excluding hydrogens is 234 g/mol. The smallest absolute Gasteiger partial charge is 0.201 e. The van der Waals surface area contributed by atoms with Crippen molar-refractivity contribution in [2.45, 2.75) is 19.4 Å². The van der Waals surface area contributed by atoms with Crippen LogP contribution in [0.5, 0.6) is 0 Å². The van der Waals surface area contributed by atoms with Crippen molar-refractivity contribution in [2.24, 2.45) is 0 Å². The van der Waals surface area contributed by atoms with Gasteiger partial charge in [0.1, 0.15) is 0 Å². The molecule has 2 aromatic carbocycles. The van der Waals surface area contributed by atoms with E-state index in [0.29, 0.717) is 11.9 Å². The second-order valence-electron chi connectivity index (χ2n) is 4.88. The number of hydrogen-bond donors (Lipinski definition) is 1. The highest BCUT2D eigenvalue weighted by molar-refractivity contribution is 5.78. The third-order valence-corrected chi connectivity index (χ3v) is 3.51. The molecule has 1 aromatic heterocycles. The van der Waals surface area contributed by atoms with Crippen LogP contribution in [-0.2, 0) is 6.54 Å². The van der Waals surface area contributed by atoms with Gasteiger partial charge in [0, 0.05) is 6.54 Å². The zero-order chi connectivity index (χ0) is 13.2. The molecule has 0 saturated carbocycles. The van der Waals surface area contributed by atoms with E-state index in [1.807, 2.05) is 24.3 Å². The average molecular weight is 251 g/mol. The van der Waals surface area contributed by atoms with Crippen molar-refractivity contribution in [3.05, 3.63) is 60.2 Å². The van der Waals surface area contributed by atoms with Gasteiger partial charge in [0.05, 0.1) is 11.0 Å². The second kappa shape index (κ2) is 4.76. The maximum Gasteiger partial charge on any atom is 0.201 e. The molecule has 0 radical (unpaired) electrons. The van der Waals surface area contributed by atoms with Crippen molar-refractivity contribution in [3.8, 4) is 0 Å². The Morgan fingerprint density at radius 3 is 2.53 bits per heavy atom. The number of aromatic nitrogens is 2. The van der Waals surface area contributed by atoms with Gasteiger partial charge < -0.3 is 10.3 Å². The predicted octanol–water partition coefficient (Wildman–Crippen LogP) is 3.42. The first-order valence-corrected chi connectivity index (χ1v) is 6.51. The number of rotatable bonds is 3. The zero-order valence-corrected chi connectivity index (χ0v) is 11.0. The van der Waals surface area contributed by atoms with Crippen molar-refractivity contribution in [2.75, 3.05) is 5.73 Å². The van der Waals surface area contributed by atoms with Gasteiger partial charge in [0.2, 0.25) is 5.95 Å². The molecule has 3 rings (SSSR count). The van der Waals surface area contributed by atoms with Gasteiger partial charge in [-0.05, 0) is 23.6 Å². The summed E-state index contributed by atoms with van der Waals surface area (Å²) in [6, 6.07) is 18.6. The lowest BCUT2D eigenvalue weighted by Crippen LogP contribution is -2.09. The van der Waals surface area contributed by atoms with Crippen molar-refractivity contribution >= 4 is 17.0 Å². The van der Waals surface area contributed by atoms with Gasteiger partial charge in [-0.2, -0.15) is 0 Å². The molecule has 0 aliphatic heterocycles. The van der Waals surface area contributed by atoms with E-state index in [0.717, 1.165) is 17.6 Å². The Bertz CT molecular complexity index is 686. The summed E-state index contributed by atoms with van der Waals surface area (Å²) in [6.45, 7) is 3.06. The van der Waals surface area contributed by atoms with E-state index < -0.39 is 0 Å². The fraction of sp³-hybridized carbons (Fsp3) is 0.188. The van der Waals surface area contributed by atoms with Crippen LogP contribution >= 0.6 is 0 Å². The molecule has 0 aliphatic carbocycles. The summed E-state index contributed by atoms with van der Waals surface area (Å²) in [4.78, 5) is 4.40. The lowest BCUT2D eigenvalue weighted by atomic mass is 10.0. The van der Waals surface area contributed by atoms with Gasteiger partial charge in [-0.3, -0.25) is 0 Å². The first kappa shape index (κ1) is 11.8. The van der Waals surface area contributed by atoms with E-state index >= 15 is 0 Å². The van der Waals surface area contributed by atoms with Crippen LogP contribution in [0.4, 0.5) is 5.95 Å². The van der Waals surface area contributed by atoms with Crippen LogP contribution in [0.1, 0.15) is 18.4 Å². The van der Waals surface area contributed by atoms with Crippen molar-refractivity contribution in [1.82, 2.24) is 9.55 Å². The van der Waals surface area contributed by atoms with Crippen LogP contribution in [-0.4, -0.2) is 9.55 Å². The van der Waals surface area contributed by atoms with Gasteiger partial charge in [-0.15, -0.1) is 0 Å². The van der Waals surface area contributed by atoms with Crippen LogP contribution in [0.15, 0.2) is 54.6 Å². The summed E-state index contributed by atoms with van der Waals surface area (Å²) in [5.74, 6) is 0.991. The first-order valence-electron chi connectivity index (χ1n) is 6.51. The molecular formula is C16H17N3. The highest BCUT2D eigenvalue weighted by Gasteiger charge is 2.11. The van der Waals surface area contributed by atoms with Crippen molar-refractivity contribution in [3.63, 3.8) is 0 Å². The molecule has 1 atom stereocenters. The maximum atomic E-state index is 6.03. The van der Waals surface area contributed by atoms with E-state index in [4.69, 9.17) is 5.73 Å². The molecule has 1 unspecified atom stereocenters. The number of nitrogens with zero attached hydrogens (tertiary/aromatic N) is 2. The summed E-state index contributed by atoms with van der Waals surface area (Å²) >= 11 is 0. The van der Waals surface area contributed by atoms with Crippen LogP contribution in [0.3, 0.4) is 0 Å². The van der Waals surface area contributed by atoms with Crippen LogP contribution in [0.25, 0.3) is 11.0 Å². The number of nitrogens with two attached hydrogens (primary N) is 1. The molecule has 0 fully saturated rings. The van der Waals surface area contributed by atoms with Gasteiger partial charge in [-0.1, -0.05) is 49.4 Å². The molecule has 96 valence electrons. The Morgan fingerprint density at radius 2 is 1.74 bits per heavy atom. The van der Waals surface area contributed by atoms with E-state index in [1.54, 1.807) is 0 Å². The summed E-state index contributed by atoms with van der Waals surface area (Å²) < 4.78 is 2.09. The van der Waals surface area contributed by atoms with Gasteiger partial charge in [0.25, 0.3) is 0 Å². The molecule has 0 amide bonds. The van der Waals surface area contributed by atoms with Crippen LogP contribution in [0, 0.1) is 0 Å². The van der Waals surface area contributed by atoms with Crippen molar-refractivity contribution in [1.29, 1.82) is 0 Å². The molecule has 3 heteroatoms. The Morgan fingerprint density at radius 1 is 1.05 bits per heavy atom. The number of nitrogen functional groups attached to an aromatic ring is 1. The minimum atomic E-state index is 0.404. The Hall–Kier alpha value is -2.29. The van der Waals surface area contributed by atoms with E-state index in [1.165, 1.54) is 5.56 Å². The van der Waals surface area contributed by atoms with E-state index in [9.17, 15) is 0 Å². The Labute approximate surface area is 112 Å². The maximum absolute atomic E-state index is 6.03. The highest BCUT2D eigenvalue weighted by atomic mass is 15.1. The molecule has 0 spiro atoms. The topological polar surface area (TPSA) is 43.8 Å². The molecule has 0 bridgehead atoms. The summed E-state index contributed by atoms with van der Waals surface area (Å²) in [5, 5.41) is 0. The Balaban J connectivity index is 1.95. The third kappa shape index (κ3) is 2.19. The molecule has 0 saturated heterocycles.